The highest BCUT2D eigenvalue weighted by atomic mass is 19.4. The van der Waals surface area contributed by atoms with Crippen LogP contribution in [0.3, 0.4) is 0 Å². The number of nitrogens with zero attached hydrogens (tertiary/aromatic N) is 1. The highest BCUT2D eigenvalue weighted by molar-refractivity contribution is 5.86. The van der Waals surface area contributed by atoms with Gasteiger partial charge in [0.25, 0.3) is 0 Å². The first kappa shape index (κ1) is 15.0. The Kier molecular flexibility index (Phi) is 4.17. The van der Waals surface area contributed by atoms with Crippen molar-refractivity contribution < 1.29 is 18.0 Å². The Morgan fingerprint density at radius 1 is 1.37 bits per heavy atom. The van der Waals surface area contributed by atoms with Crippen LogP contribution < -0.4 is 11.1 Å². The average Bonchev–Trinajstić information content (AvgIpc) is 2.35. The standard InChI is InChI=1S/C12H12F3N3O/c1-11(17,12(13,14)15)10(19)18-7-9-4-2-8(6-16)3-5-9/h2-5H,7,17H2,1H3,(H,18,19). The van der Waals surface area contributed by atoms with E-state index in [0.717, 1.165) is 0 Å². The number of halogens is 3. The Balaban J connectivity index is 2.67. The van der Waals surface area contributed by atoms with Gasteiger partial charge in [-0.3, -0.25) is 4.79 Å². The molecular formula is C12H12F3N3O. The lowest BCUT2D eigenvalue weighted by atomic mass is 10.0. The molecule has 1 atom stereocenters. The van der Waals surface area contributed by atoms with Crippen molar-refractivity contribution in [2.75, 3.05) is 0 Å². The number of nitrogens with one attached hydrogen (secondary N) is 1. The normalized spacial score (nSPS) is 14.3. The van der Waals surface area contributed by atoms with Gasteiger partial charge in [-0.25, -0.2) is 0 Å². The van der Waals surface area contributed by atoms with E-state index in [0.29, 0.717) is 18.1 Å². The molecule has 19 heavy (non-hydrogen) atoms. The van der Waals surface area contributed by atoms with Crippen molar-refractivity contribution in [3.05, 3.63) is 35.4 Å². The van der Waals surface area contributed by atoms with E-state index in [2.05, 4.69) is 5.32 Å². The Morgan fingerprint density at radius 3 is 2.32 bits per heavy atom. The van der Waals surface area contributed by atoms with Crippen molar-refractivity contribution in [3.63, 3.8) is 0 Å². The smallest absolute Gasteiger partial charge is 0.350 e. The second-order valence-corrected chi connectivity index (χ2v) is 4.19. The minimum atomic E-state index is -4.82. The summed E-state index contributed by atoms with van der Waals surface area (Å²) in [5.41, 5.74) is 3.04. The summed E-state index contributed by atoms with van der Waals surface area (Å²) in [6.07, 6.45) is -4.82. The Bertz CT molecular complexity index is 500. The number of nitrogens with two attached hydrogens (primary N) is 1. The zero-order valence-electron chi connectivity index (χ0n) is 10.1. The molecule has 1 amide bonds. The van der Waals surface area contributed by atoms with Crippen LogP contribution in [-0.4, -0.2) is 17.6 Å². The van der Waals surface area contributed by atoms with Crippen molar-refractivity contribution in [1.82, 2.24) is 5.32 Å². The summed E-state index contributed by atoms with van der Waals surface area (Å²) in [6.45, 7) is 0.522. The molecule has 0 saturated carbocycles. The molecule has 102 valence electrons. The Hall–Kier alpha value is -2.07. The number of benzene rings is 1. The largest absolute Gasteiger partial charge is 0.415 e. The number of carbonyl (C=O) groups is 1. The van der Waals surface area contributed by atoms with Crippen LogP contribution in [0.1, 0.15) is 18.1 Å². The molecule has 0 aliphatic carbocycles. The SMILES string of the molecule is CC(N)(C(=O)NCc1ccc(C#N)cc1)C(F)(F)F. The predicted molar refractivity (Wildman–Crippen MR) is 61.7 cm³/mol. The maximum Gasteiger partial charge on any atom is 0.415 e. The lowest BCUT2D eigenvalue weighted by Gasteiger charge is -2.26. The van der Waals surface area contributed by atoms with Crippen molar-refractivity contribution in [2.24, 2.45) is 5.73 Å². The molecular weight excluding hydrogens is 259 g/mol. The third kappa shape index (κ3) is 3.45. The molecule has 7 heteroatoms. The number of rotatable bonds is 3. The second-order valence-electron chi connectivity index (χ2n) is 4.19. The molecule has 1 aromatic carbocycles. The van der Waals surface area contributed by atoms with Gasteiger partial charge < -0.3 is 11.1 Å². The van der Waals surface area contributed by atoms with Gasteiger partial charge in [0.15, 0.2) is 5.54 Å². The van der Waals surface area contributed by atoms with E-state index >= 15 is 0 Å². The summed E-state index contributed by atoms with van der Waals surface area (Å²) in [4.78, 5) is 11.4. The van der Waals surface area contributed by atoms with Crippen molar-refractivity contribution in [3.8, 4) is 6.07 Å². The second kappa shape index (κ2) is 5.28. The molecule has 0 radical (unpaired) electrons. The van der Waals surface area contributed by atoms with E-state index in [-0.39, 0.29) is 6.54 Å². The maximum absolute atomic E-state index is 12.5. The van der Waals surface area contributed by atoms with Gasteiger partial charge in [-0.05, 0) is 24.6 Å². The number of hydrogen-bond donors (Lipinski definition) is 2. The maximum atomic E-state index is 12.5. The number of amides is 1. The zero-order valence-corrected chi connectivity index (χ0v) is 10.1. The van der Waals surface area contributed by atoms with Crippen LogP contribution in [0, 0.1) is 11.3 Å². The van der Waals surface area contributed by atoms with E-state index in [4.69, 9.17) is 11.0 Å². The van der Waals surface area contributed by atoms with E-state index in [1.165, 1.54) is 12.1 Å². The lowest BCUT2D eigenvalue weighted by Crippen LogP contribution is -2.61. The van der Waals surface area contributed by atoms with Crippen LogP contribution in [0.25, 0.3) is 0 Å². The molecule has 0 aromatic heterocycles. The number of hydrogen-bond acceptors (Lipinski definition) is 3. The molecule has 1 unspecified atom stereocenters. The minimum absolute atomic E-state index is 0.0899. The summed E-state index contributed by atoms with van der Waals surface area (Å²) in [7, 11) is 0. The fraction of sp³-hybridized carbons (Fsp3) is 0.333. The zero-order chi connectivity index (χ0) is 14.7. The molecule has 0 bridgehead atoms. The molecule has 0 fully saturated rings. The molecule has 0 aliphatic rings. The van der Waals surface area contributed by atoms with Crippen LogP contribution in [0.2, 0.25) is 0 Å². The Morgan fingerprint density at radius 2 is 1.89 bits per heavy atom. The van der Waals surface area contributed by atoms with Gasteiger partial charge in [0.1, 0.15) is 0 Å². The van der Waals surface area contributed by atoms with Gasteiger partial charge in [-0.1, -0.05) is 12.1 Å². The third-order valence-corrected chi connectivity index (χ3v) is 2.60. The summed E-state index contributed by atoms with van der Waals surface area (Å²) in [5.74, 6) is -1.30. The third-order valence-electron chi connectivity index (χ3n) is 2.60. The van der Waals surface area contributed by atoms with Gasteiger partial charge in [-0.2, -0.15) is 18.4 Å². The summed E-state index contributed by atoms with van der Waals surface area (Å²) in [5, 5.41) is 10.7. The quantitative estimate of drug-likeness (QED) is 0.873. The first-order valence-electron chi connectivity index (χ1n) is 5.31. The molecule has 1 aromatic rings. The number of nitriles is 1. The van der Waals surface area contributed by atoms with E-state index < -0.39 is 17.6 Å². The summed E-state index contributed by atoms with van der Waals surface area (Å²) < 4.78 is 37.5. The number of carbonyl (C=O) groups excluding carboxylic acids is 1. The highest BCUT2D eigenvalue weighted by Gasteiger charge is 2.53. The van der Waals surface area contributed by atoms with E-state index in [1.807, 2.05) is 6.07 Å². The van der Waals surface area contributed by atoms with Crippen LogP contribution >= 0.6 is 0 Å². The summed E-state index contributed by atoms with van der Waals surface area (Å²) in [6, 6.07) is 8.00. The molecule has 1 rings (SSSR count). The van der Waals surface area contributed by atoms with E-state index in [9.17, 15) is 18.0 Å². The topological polar surface area (TPSA) is 78.9 Å². The van der Waals surface area contributed by atoms with Crippen molar-refractivity contribution in [1.29, 1.82) is 5.26 Å². The molecule has 3 N–H and O–H groups in total. The van der Waals surface area contributed by atoms with Crippen molar-refractivity contribution >= 4 is 5.91 Å². The lowest BCUT2D eigenvalue weighted by molar-refractivity contribution is -0.187. The van der Waals surface area contributed by atoms with Gasteiger partial charge in [0, 0.05) is 6.54 Å². The molecule has 0 aliphatic heterocycles. The van der Waals surface area contributed by atoms with Crippen LogP contribution in [0.5, 0.6) is 0 Å². The predicted octanol–water partition coefficient (Wildman–Crippen LogP) is 1.45. The molecule has 0 spiro atoms. The van der Waals surface area contributed by atoms with Crippen molar-refractivity contribution in [2.45, 2.75) is 25.2 Å². The fourth-order valence-corrected chi connectivity index (χ4v) is 1.19. The van der Waals surface area contributed by atoms with Crippen LogP contribution in [0.15, 0.2) is 24.3 Å². The van der Waals surface area contributed by atoms with Gasteiger partial charge in [0.05, 0.1) is 11.6 Å². The van der Waals surface area contributed by atoms with Crippen LogP contribution in [0.4, 0.5) is 13.2 Å². The monoisotopic (exact) mass is 271 g/mol. The average molecular weight is 271 g/mol. The Labute approximate surface area is 108 Å². The molecule has 4 nitrogen and oxygen atoms in total. The van der Waals surface area contributed by atoms with Gasteiger partial charge in [0.2, 0.25) is 5.91 Å². The number of alkyl halides is 3. The van der Waals surface area contributed by atoms with Gasteiger partial charge >= 0.3 is 6.18 Å². The first-order chi connectivity index (χ1) is 8.68. The van der Waals surface area contributed by atoms with E-state index in [1.54, 1.807) is 12.1 Å². The molecule has 0 saturated heterocycles. The van der Waals surface area contributed by atoms with Crippen LogP contribution in [-0.2, 0) is 11.3 Å². The van der Waals surface area contributed by atoms with Gasteiger partial charge in [-0.15, -0.1) is 0 Å². The fourth-order valence-electron chi connectivity index (χ4n) is 1.19. The highest BCUT2D eigenvalue weighted by Crippen LogP contribution is 2.27. The summed E-state index contributed by atoms with van der Waals surface area (Å²) >= 11 is 0. The first-order valence-corrected chi connectivity index (χ1v) is 5.31. The molecule has 0 heterocycles. The minimum Gasteiger partial charge on any atom is -0.350 e.